The Hall–Kier alpha value is -2.74. The summed E-state index contributed by atoms with van der Waals surface area (Å²) in [4.78, 5) is 0. The summed E-state index contributed by atoms with van der Waals surface area (Å²) in [6.45, 7) is 0.685. The predicted molar refractivity (Wildman–Crippen MR) is 117 cm³/mol. The molecule has 2 heterocycles. The number of thioether (sulfide) groups is 1. The first-order valence-corrected chi connectivity index (χ1v) is 10.8. The minimum Gasteiger partial charge on any atom is -0.491 e. The van der Waals surface area contributed by atoms with Gasteiger partial charge in [-0.15, -0.1) is 10.2 Å². The number of hydrogen-bond donors (Lipinski definition) is 1. The molecule has 8 heteroatoms. The fourth-order valence-electron chi connectivity index (χ4n) is 2.84. The second-order valence-corrected chi connectivity index (χ2v) is 7.99. The van der Waals surface area contributed by atoms with Crippen molar-refractivity contribution in [2.45, 2.75) is 17.8 Å². The Bertz CT molecular complexity index is 1050. The van der Waals surface area contributed by atoms with Gasteiger partial charge < -0.3 is 14.3 Å². The van der Waals surface area contributed by atoms with Crippen molar-refractivity contribution in [3.05, 3.63) is 83.8 Å². The number of para-hydroxylation sites is 1. The van der Waals surface area contributed by atoms with E-state index < -0.39 is 6.10 Å². The van der Waals surface area contributed by atoms with Crippen LogP contribution in [0.4, 0.5) is 0 Å². The molecule has 0 amide bonds. The first kappa shape index (κ1) is 20.5. The number of aliphatic hydroxyl groups excluding tert-OH is 1. The first-order valence-electron chi connectivity index (χ1n) is 9.39. The van der Waals surface area contributed by atoms with Crippen LogP contribution in [0.2, 0.25) is 5.02 Å². The van der Waals surface area contributed by atoms with Gasteiger partial charge >= 0.3 is 0 Å². The number of hydrogen-bond acceptors (Lipinski definition) is 6. The maximum Gasteiger partial charge on any atom is 0.192 e. The molecule has 2 aromatic carbocycles. The third-order valence-corrected chi connectivity index (χ3v) is 5.67. The topological polar surface area (TPSA) is 73.3 Å². The molecule has 0 aliphatic heterocycles. The van der Waals surface area contributed by atoms with Gasteiger partial charge in [-0.25, -0.2) is 0 Å². The van der Waals surface area contributed by atoms with Crippen LogP contribution < -0.4 is 4.74 Å². The van der Waals surface area contributed by atoms with Crippen LogP contribution in [0.15, 0.2) is 82.6 Å². The van der Waals surface area contributed by atoms with E-state index in [9.17, 15) is 5.11 Å². The van der Waals surface area contributed by atoms with Gasteiger partial charge in [0.2, 0.25) is 0 Å². The van der Waals surface area contributed by atoms with Gasteiger partial charge in [-0.3, -0.25) is 4.57 Å². The van der Waals surface area contributed by atoms with Crippen molar-refractivity contribution in [1.82, 2.24) is 14.8 Å². The van der Waals surface area contributed by atoms with Crippen molar-refractivity contribution in [3.8, 4) is 17.1 Å². The molecule has 154 valence electrons. The van der Waals surface area contributed by atoms with E-state index in [0.717, 1.165) is 17.1 Å². The summed E-state index contributed by atoms with van der Waals surface area (Å²) in [6.07, 6.45) is 0.988. The molecule has 0 saturated carbocycles. The Labute approximate surface area is 183 Å². The van der Waals surface area contributed by atoms with Crippen LogP contribution in [-0.4, -0.2) is 38.3 Å². The highest BCUT2D eigenvalue weighted by Crippen LogP contribution is 2.27. The third kappa shape index (κ3) is 5.24. The SMILES string of the molecule is OC(COc1ccccc1)CSc1nnc(-c2ccc(Cl)cc2)n1Cc1ccco1. The zero-order valence-corrected chi connectivity index (χ0v) is 17.6. The molecule has 1 N–H and O–H groups in total. The molecule has 0 aliphatic carbocycles. The molecule has 0 fully saturated rings. The van der Waals surface area contributed by atoms with Gasteiger partial charge in [-0.1, -0.05) is 41.6 Å². The van der Waals surface area contributed by atoms with Gasteiger partial charge in [0.05, 0.1) is 18.9 Å². The van der Waals surface area contributed by atoms with Crippen molar-refractivity contribution in [2.75, 3.05) is 12.4 Å². The number of halogens is 1. The lowest BCUT2D eigenvalue weighted by molar-refractivity contribution is 0.126. The second-order valence-electron chi connectivity index (χ2n) is 6.57. The fourth-order valence-corrected chi connectivity index (χ4v) is 3.81. The third-order valence-electron chi connectivity index (χ3n) is 4.30. The smallest absolute Gasteiger partial charge is 0.192 e. The van der Waals surface area contributed by atoms with Crippen LogP contribution >= 0.6 is 23.4 Å². The Balaban J connectivity index is 1.47. The van der Waals surface area contributed by atoms with Crippen molar-refractivity contribution in [2.24, 2.45) is 0 Å². The van der Waals surface area contributed by atoms with Gasteiger partial charge in [0.15, 0.2) is 11.0 Å². The molecule has 30 heavy (non-hydrogen) atoms. The lowest BCUT2D eigenvalue weighted by Gasteiger charge is -2.13. The molecule has 0 aliphatic rings. The summed E-state index contributed by atoms with van der Waals surface area (Å²) in [5, 5.41) is 20.4. The van der Waals surface area contributed by atoms with E-state index in [1.165, 1.54) is 11.8 Å². The summed E-state index contributed by atoms with van der Waals surface area (Å²) in [7, 11) is 0. The van der Waals surface area contributed by atoms with E-state index in [4.69, 9.17) is 20.8 Å². The minimum atomic E-state index is -0.650. The Morgan fingerprint density at radius 1 is 1.03 bits per heavy atom. The lowest BCUT2D eigenvalue weighted by atomic mass is 10.2. The standard InChI is InChI=1S/C22H20ClN3O3S/c23-17-10-8-16(9-11-17)21-24-25-22(26(21)13-20-7-4-12-28-20)30-15-18(27)14-29-19-5-2-1-3-6-19/h1-12,18,27H,13-15H2. The van der Waals surface area contributed by atoms with Gasteiger partial charge in [0.25, 0.3) is 0 Å². The highest BCUT2D eigenvalue weighted by molar-refractivity contribution is 7.99. The van der Waals surface area contributed by atoms with E-state index in [2.05, 4.69) is 10.2 Å². The highest BCUT2D eigenvalue weighted by Gasteiger charge is 2.17. The zero-order chi connectivity index (χ0) is 20.8. The number of aromatic nitrogens is 3. The van der Waals surface area contributed by atoms with E-state index in [-0.39, 0.29) is 6.61 Å². The second kappa shape index (κ2) is 9.84. The average Bonchev–Trinajstić information content (AvgIpc) is 3.43. The van der Waals surface area contributed by atoms with E-state index in [0.29, 0.717) is 28.3 Å². The van der Waals surface area contributed by atoms with Crippen molar-refractivity contribution >= 4 is 23.4 Å². The molecule has 0 radical (unpaired) electrons. The summed E-state index contributed by atoms with van der Waals surface area (Å²) in [5.41, 5.74) is 0.901. The number of rotatable bonds is 9. The van der Waals surface area contributed by atoms with E-state index >= 15 is 0 Å². The number of benzene rings is 2. The first-order chi connectivity index (χ1) is 14.7. The molecule has 0 bridgehead atoms. The largest absolute Gasteiger partial charge is 0.491 e. The average molecular weight is 442 g/mol. The molecule has 6 nitrogen and oxygen atoms in total. The van der Waals surface area contributed by atoms with Gasteiger partial charge in [-0.05, 0) is 48.5 Å². The van der Waals surface area contributed by atoms with E-state index in [1.54, 1.807) is 6.26 Å². The molecule has 1 atom stereocenters. The van der Waals surface area contributed by atoms with E-state index in [1.807, 2.05) is 71.3 Å². The van der Waals surface area contributed by atoms with Crippen molar-refractivity contribution in [1.29, 1.82) is 0 Å². The summed E-state index contributed by atoms with van der Waals surface area (Å²) >= 11 is 7.44. The van der Waals surface area contributed by atoms with Crippen LogP contribution in [0.3, 0.4) is 0 Å². The van der Waals surface area contributed by atoms with Gasteiger partial charge in [0, 0.05) is 16.3 Å². The molecule has 0 saturated heterocycles. The number of ether oxygens (including phenoxy) is 1. The van der Waals surface area contributed by atoms with Gasteiger partial charge in [-0.2, -0.15) is 0 Å². The van der Waals surface area contributed by atoms with Crippen LogP contribution in [-0.2, 0) is 6.54 Å². The number of aliphatic hydroxyl groups is 1. The molecule has 2 aromatic heterocycles. The Kier molecular flexibility index (Phi) is 6.74. The Morgan fingerprint density at radius 3 is 2.57 bits per heavy atom. The van der Waals surface area contributed by atoms with Crippen molar-refractivity contribution < 1.29 is 14.3 Å². The van der Waals surface area contributed by atoms with Crippen LogP contribution in [0.5, 0.6) is 5.75 Å². The normalized spacial score (nSPS) is 12.1. The zero-order valence-electron chi connectivity index (χ0n) is 16.0. The quantitative estimate of drug-likeness (QED) is 0.377. The van der Waals surface area contributed by atoms with Crippen molar-refractivity contribution in [3.63, 3.8) is 0 Å². The minimum absolute atomic E-state index is 0.202. The lowest BCUT2D eigenvalue weighted by Crippen LogP contribution is -2.20. The highest BCUT2D eigenvalue weighted by atomic mass is 35.5. The molecule has 1 unspecified atom stereocenters. The molecule has 4 rings (SSSR count). The van der Waals surface area contributed by atoms with Crippen LogP contribution in [0, 0.1) is 0 Å². The predicted octanol–water partition coefficient (Wildman–Crippen LogP) is 4.77. The molecular weight excluding hydrogens is 422 g/mol. The summed E-state index contributed by atoms with van der Waals surface area (Å²) < 4.78 is 13.1. The summed E-state index contributed by atoms with van der Waals surface area (Å²) in [6, 6.07) is 20.6. The maximum absolute atomic E-state index is 10.3. The fraction of sp³-hybridized carbons (Fsp3) is 0.182. The maximum atomic E-state index is 10.3. The molecule has 4 aromatic rings. The Morgan fingerprint density at radius 2 is 1.83 bits per heavy atom. The number of furan rings is 1. The van der Waals surface area contributed by atoms with Gasteiger partial charge in [0.1, 0.15) is 18.1 Å². The van der Waals surface area contributed by atoms with Crippen LogP contribution in [0.25, 0.3) is 11.4 Å². The summed E-state index contributed by atoms with van der Waals surface area (Å²) in [5.74, 6) is 2.65. The van der Waals surface area contributed by atoms with Crippen LogP contribution in [0.1, 0.15) is 5.76 Å². The monoisotopic (exact) mass is 441 g/mol. The number of nitrogens with zero attached hydrogens (tertiary/aromatic N) is 3. The molecular formula is C22H20ClN3O3S. The molecule has 0 spiro atoms.